The predicted octanol–water partition coefficient (Wildman–Crippen LogP) is 2.19. The number of fused-ring (bicyclic) bond motifs is 1. The van der Waals surface area contributed by atoms with E-state index in [4.69, 9.17) is 10.5 Å². The van der Waals surface area contributed by atoms with Gasteiger partial charge in [-0.1, -0.05) is 6.07 Å². The highest BCUT2D eigenvalue weighted by Crippen LogP contribution is 2.27. The van der Waals surface area contributed by atoms with E-state index < -0.39 is 0 Å². The average molecular weight is 310 g/mol. The SMILES string of the molecule is Nc1nc(N[C@@H]2CCCOC2)c2ccc(-c3ccn[nH]3)cc2n1. The van der Waals surface area contributed by atoms with Crippen molar-refractivity contribution >= 4 is 22.7 Å². The number of H-pyrrole nitrogens is 1. The van der Waals surface area contributed by atoms with Gasteiger partial charge in [-0.05, 0) is 31.0 Å². The van der Waals surface area contributed by atoms with Crippen LogP contribution < -0.4 is 11.1 Å². The first-order valence-electron chi connectivity index (χ1n) is 7.71. The lowest BCUT2D eigenvalue weighted by Crippen LogP contribution is -2.30. The maximum Gasteiger partial charge on any atom is 0.222 e. The van der Waals surface area contributed by atoms with Crippen molar-refractivity contribution in [1.82, 2.24) is 20.2 Å². The molecule has 23 heavy (non-hydrogen) atoms. The number of nitrogens with zero attached hydrogens (tertiary/aromatic N) is 3. The molecule has 3 aromatic rings. The lowest BCUT2D eigenvalue weighted by Gasteiger charge is -2.24. The van der Waals surface area contributed by atoms with Crippen molar-refractivity contribution in [2.24, 2.45) is 0 Å². The Morgan fingerprint density at radius 2 is 2.22 bits per heavy atom. The highest BCUT2D eigenvalue weighted by Gasteiger charge is 2.16. The fourth-order valence-electron chi connectivity index (χ4n) is 2.89. The number of aromatic nitrogens is 4. The summed E-state index contributed by atoms with van der Waals surface area (Å²) in [4.78, 5) is 8.73. The summed E-state index contributed by atoms with van der Waals surface area (Å²) in [5.41, 5.74) is 8.65. The van der Waals surface area contributed by atoms with E-state index in [1.807, 2.05) is 24.3 Å². The van der Waals surface area contributed by atoms with Crippen LogP contribution in [-0.4, -0.2) is 39.4 Å². The van der Waals surface area contributed by atoms with Crippen LogP contribution in [0.5, 0.6) is 0 Å². The average Bonchev–Trinajstić information content (AvgIpc) is 3.09. The van der Waals surface area contributed by atoms with E-state index in [0.29, 0.717) is 6.61 Å². The second-order valence-electron chi connectivity index (χ2n) is 5.69. The Hall–Kier alpha value is -2.67. The van der Waals surface area contributed by atoms with Crippen molar-refractivity contribution in [1.29, 1.82) is 0 Å². The number of aromatic amines is 1. The summed E-state index contributed by atoms with van der Waals surface area (Å²) in [6.07, 6.45) is 3.85. The molecule has 2 aromatic heterocycles. The minimum Gasteiger partial charge on any atom is -0.379 e. The normalized spacial score (nSPS) is 18.2. The number of nitrogens with one attached hydrogen (secondary N) is 2. The van der Waals surface area contributed by atoms with E-state index in [2.05, 4.69) is 25.5 Å². The molecule has 3 heterocycles. The van der Waals surface area contributed by atoms with Gasteiger partial charge in [-0.2, -0.15) is 10.1 Å². The molecule has 4 N–H and O–H groups in total. The highest BCUT2D eigenvalue weighted by atomic mass is 16.5. The molecule has 0 bridgehead atoms. The van der Waals surface area contributed by atoms with Gasteiger partial charge in [0.05, 0.1) is 23.9 Å². The number of ether oxygens (including phenoxy) is 1. The van der Waals surface area contributed by atoms with Crippen molar-refractivity contribution in [2.75, 3.05) is 24.3 Å². The number of benzene rings is 1. The van der Waals surface area contributed by atoms with E-state index in [-0.39, 0.29) is 12.0 Å². The number of anilines is 2. The number of hydrogen-bond acceptors (Lipinski definition) is 6. The fourth-order valence-corrected chi connectivity index (χ4v) is 2.89. The Balaban J connectivity index is 1.72. The molecule has 0 saturated carbocycles. The van der Waals surface area contributed by atoms with Crippen molar-refractivity contribution in [2.45, 2.75) is 18.9 Å². The molecule has 0 amide bonds. The zero-order valence-electron chi connectivity index (χ0n) is 12.6. The Morgan fingerprint density at radius 3 is 3.00 bits per heavy atom. The second kappa shape index (κ2) is 5.85. The lowest BCUT2D eigenvalue weighted by molar-refractivity contribution is 0.0875. The molecule has 1 aliphatic heterocycles. The third-order valence-electron chi connectivity index (χ3n) is 4.03. The van der Waals surface area contributed by atoms with Crippen LogP contribution in [0, 0.1) is 0 Å². The summed E-state index contributed by atoms with van der Waals surface area (Å²) in [7, 11) is 0. The van der Waals surface area contributed by atoms with Crippen LogP contribution in [-0.2, 0) is 4.74 Å². The quantitative estimate of drug-likeness (QED) is 0.685. The largest absolute Gasteiger partial charge is 0.379 e. The van der Waals surface area contributed by atoms with Gasteiger partial charge in [0.25, 0.3) is 0 Å². The van der Waals surface area contributed by atoms with Gasteiger partial charge in [0.2, 0.25) is 5.95 Å². The van der Waals surface area contributed by atoms with Crippen LogP contribution in [0.4, 0.5) is 11.8 Å². The molecule has 0 aliphatic carbocycles. The predicted molar refractivity (Wildman–Crippen MR) is 89.0 cm³/mol. The van der Waals surface area contributed by atoms with Gasteiger partial charge in [0, 0.05) is 23.8 Å². The molecule has 0 spiro atoms. The van der Waals surface area contributed by atoms with Crippen LogP contribution in [0.15, 0.2) is 30.5 Å². The molecule has 7 heteroatoms. The number of nitrogens with two attached hydrogens (primary N) is 1. The Kier molecular flexibility index (Phi) is 3.55. The van der Waals surface area contributed by atoms with E-state index in [9.17, 15) is 0 Å². The maximum absolute atomic E-state index is 5.88. The fraction of sp³-hybridized carbons (Fsp3) is 0.312. The molecular formula is C16H18N6O. The van der Waals surface area contributed by atoms with E-state index in [1.54, 1.807) is 6.20 Å². The van der Waals surface area contributed by atoms with Gasteiger partial charge >= 0.3 is 0 Å². The molecule has 1 saturated heterocycles. The number of nitrogen functional groups attached to an aromatic ring is 1. The molecule has 4 rings (SSSR count). The maximum atomic E-state index is 5.88. The van der Waals surface area contributed by atoms with Crippen molar-refractivity contribution in [3.05, 3.63) is 30.5 Å². The first-order chi connectivity index (χ1) is 11.3. The van der Waals surface area contributed by atoms with Gasteiger partial charge in [-0.25, -0.2) is 4.98 Å². The number of hydrogen-bond donors (Lipinski definition) is 3. The molecule has 118 valence electrons. The third-order valence-corrected chi connectivity index (χ3v) is 4.03. The van der Waals surface area contributed by atoms with Gasteiger partial charge in [-0.3, -0.25) is 5.10 Å². The van der Waals surface area contributed by atoms with Crippen LogP contribution in [0.25, 0.3) is 22.2 Å². The van der Waals surface area contributed by atoms with Gasteiger partial charge < -0.3 is 15.8 Å². The minimum atomic E-state index is 0.258. The number of rotatable bonds is 3. The van der Waals surface area contributed by atoms with E-state index in [1.165, 1.54) is 0 Å². The summed E-state index contributed by atoms with van der Waals surface area (Å²) in [6.45, 7) is 1.52. The summed E-state index contributed by atoms with van der Waals surface area (Å²) in [5, 5.41) is 11.3. The third kappa shape index (κ3) is 2.83. The van der Waals surface area contributed by atoms with Crippen molar-refractivity contribution in [3.63, 3.8) is 0 Å². The standard InChI is InChI=1S/C16H18N6O/c17-16-20-14-8-10(13-5-6-18-22-13)3-4-12(14)15(21-16)19-11-2-1-7-23-9-11/h3-6,8,11H,1-2,7,9H2,(H,18,22)(H3,17,19,20,21)/t11-/m1/s1. The van der Waals surface area contributed by atoms with Crippen LogP contribution in [0.2, 0.25) is 0 Å². The van der Waals surface area contributed by atoms with Gasteiger partial charge in [-0.15, -0.1) is 0 Å². The summed E-state index contributed by atoms with van der Waals surface area (Å²) < 4.78 is 5.52. The topological polar surface area (TPSA) is 102 Å². The molecule has 1 fully saturated rings. The first kappa shape index (κ1) is 14.0. The molecule has 0 unspecified atom stereocenters. The minimum absolute atomic E-state index is 0.258. The van der Waals surface area contributed by atoms with Crippen molar-refractivity contribution < 1.29 is 4.74 Å². The first-order valence-corrected chi connectivity index (χ1v) is 7.71. The van der Waals surface area contributed by atoms with Crippen LogP contribution in [0.3, 0.4) is 0 Å². The zero-order chi connectivity index (χ0) is 15.6. The zero-order valence-corrected chi connectivity index (χ0v) is 12.6. The highest BCUT2D eigenvalue weighted by molar-refractivity contribution is 5.92. The smallest absolute Gasteiger partial charge is 0.222 e. The monoisotopic (exact) mass is 310 g/mol. The Morgan fingerprint density at radius 1 is 1.26 bits per heavy atom. The molecular weight excluding hydrogens is 292 g/mol. The Bertz CT molecular complexity index is 811. The second-order valence-corrected chi connectivity index (χ2v) is 5.69. The van der Waals surface area contributed by atoms with E-state index >= 15 is 0 Å². The Labute approximate surface area is 133 Å². The summed E-state index contributed by atoms with van der Waals surface area (Å²) in [5.74, 6) is 1.03. The van der Waals surface area contributed by atoms with Gasteiger partial charge in [0.1, 0.15) is 5.82 Å². The molecule has 1 atom stereocenters. The summed E-state index contributed by atoms with van der Waals surface area (Å²) in [6, 6.07) is 8.20. The van der Waals surface area contributed by atoms with Crippen molar-refractivity contribution in [3.8, 4) is 11.3 Å². The lowest BCUT2D eigenvalue weighted by atomic mass is 10.1. The van der Waals surface area contributed by atoms with Crippen LogP contribution >= 0.6 is 0 Å². The molecule has 1 aromatic carbocycles. The summed E-state index contributed by atoms with van der Waals surface area (Å²) >= 11 is 0. The molecule has 0 radical (unpaired) electrons. The molecule has 7 nitrogen and oxygen atoms in total. The van der Waals surface area contributed by atoms with Gasteiger partial charge in [0.15, 0.2) is 0 Å². The van der Waals surface area contributed by atoms with Crippen LogP contribution in [0.1, 0.15) is 12.8 Å². The van der Waals surface area contributed by atoms with E-state index in [0.717, 1.165) is 47.4 Å². The molecule has 1 aliphatic rings.